The van der Waals surface area contributed by atoms with Crippen LogP contribution in [-0.4, -0.2) is 23.3 Å². The maximum Gasteiger partial charge on any atom is 0.258 e. The summed E-state index contributed by atoms with van der Waals surface area (Å²) in [4.78, 5) is 26.2. The van der Waals surface area contributed by atoms with Gasteiger partial charge in [0, 0.05) is 39.0 Å². The fraction of sp³-hybridized carbons (Fsp3) is 0.158. The number of benzene rings is 2. The normalized spacial score (nSPS) is 13.2. The Labute approximate surface area is 154 Å². The Hall–Kier alpha value is -2.15. The van der Waals surface area contributed by atoms with Crippen LogP contribution in [0, 0.1) is 10.5 Å². The number of fused-ring (bicyclic) bond motifs is 1. The summed E-state index contributed by atoms with van der Waals surface area (Å²) in [6, 6.07) is 13.2. The summed E-state index contributed by atoms with van der Waals surface area (Å²) in [6.07, 6.45) is 0.226. The van der Waals surface area contributed by atoms with Crippen LogP contribution >= 0.6 is 22.6 Å². The first-order valence-corrected chi connectivity index (χ1v) is 8.71. The lowest BCUT2D eigenvalue weighted by molar-refractivity contribution is -0.116. The molecule has 1 heterocycles. The molecule has 2 amide bonds. The second-order valence-corrected chi connectivity index (χ2v) is 6.95. The van der Waals surface area contributed by atoms with Crippen molar-refractivity contribution >= 4 is 45.8 Å². The predicted molar refractivity (Wildman–Crippen MR) is 104 cm³/mol. The molecule has 0 aliphatic carbocycles. The van der Waals surface area contributed by atoms with Gasteiger partial charge in [-0.1, -0.05) is 24.8 Å². The number of hydrogen-bond acceptors (Lipinski definition) is 2. The molecule has 0 spiro atoms. The number of rotatable bonds is 4. The van der Waals surface area contributed by atoms with E-state index < -0.39 is 0 Å². The van der Waals surface area contributed by atoms with Gasteiger partial charge in [-0.2, -0.15) is 0 Å². The number of anilines is 1. The Morgan fingerprint density at radius 2 is 1.92 bits per heavy atom. The molecule has 0 unspecified atom stereocenters. The SMILES string of the molecule is C=C1c2ccccc2C(=O)N1CCC(=O)Nc1ccc(I)cc1C. The third kappa shape index (κ3) is 3.21. The number of amides is 2. The van der Waals surface area contributed by atoms with Crippen LogP contribution in [-0.2, 0) is 4.79 Å². The molecule has 0 aromatic heterocycles. The molecule has 1 N–H and O–H groups in total. The second-order valence-electron chi connectivity index (χ2n) is 5.71. The summed E-state index contributed by atoms with van der Waals surface area (Å²) >= 11 is 2.24. The second kappa shape index (κ2) is 6.76. The minimum absolute atomic E-state index is 0.0890. The van der Waals surface area contributed by atoms with Crippen molar-refractivity contribution in [3.8, 4) is 0 Å². The first kappa shape index (κ1) is 16.7. The number of carbonyl (C=O) groups excluding carboxylic acids is 2. The van der Waals surface area contributed by atoms with Crippen molar-refractivity contribution in [3.05, 3.63) is 69.3 Å². The van der Waals surface area contributed by atoms with Gasteiger partial charge in [0.1, 0.15) is 0 Å². The van der Waals surface area contributed by atoms with Gasteiger partial charge in [-0.25, -0.2) is 0 Å². The third-order valence-corrected chi connectivity index (χ3v) is 4.74. The molecule has 0 atom stereocenters. The van der Waals surface area contributed by atoms with Gasteiger partial charge in [0.25, 0.3) is 5.91 Å². The molecule has 0 bridgehead atoms. The average Bonchev–Trinajstić information content (AvgIpc) is 2.80. The van der Waals surface area contributed by atoms with Crippen molar-refractivity contribution in [3.63, 3.8) is 0 Å². The van der Waals surface area contributed by atoms with E-state index in [0.29, 0.717) is 17.8 Å². The van der Waals surface area contributed by atoms with E-state index in [-0.39, 0.29) is 18.2 Å². The van der Waals surface area contributed by atoms with E-state index in [1.165, 1.54) is 0 Å². The minimum atomic E-state index is -0.115. The average molecular weight is 432 g/mol. The highest BCUT2D eigenvalue weighted by Crippen LogP contribution is 2.31. The summed E-state index contributed by atoms with van der Waals surface area (Å²) in [6.45, 7) is 6.27. The number of nitrogens with zero attached hydrogens (tertiary/aromatic N) is 1. The zero-order chi connectivity index (χ0) is 17.3. The lowest BCUT2D eigenvalue weighted by atomic mass is 10.1. The summed E-state index contributed by atoms with van der Waals surface area (Å²) < 4.78 is 1.12. The Morgan fingerprint density at radius 1 is 1.21 bits per heavy atom. The maximum atomic E-state index is 12.4. The largest absolute Gasteiger partial charge is 0.326 e. The maximum absolute atomic E-state index is 12.4. The molecule has 2 aromatic carbocycles. The number of halogens is 1. The Bertz CT molecular complexity index is 810. The van der Waals surface area contributed by atoms with Gasteiger partial charge in [0.2, 0.25) is 5.91 Å². The van der Waals surface area contributed by atoms with Crippen LogP contribution in [0.15, 0.2) is 49.0 Å². The molecule has 0 radical (unpaired) electrons. The van der Waals surface area contributed by atoms with Gasteiger partial charge in [0.05, 0.1) is 0 Å². The summed E-state index contributed by atoms with van der Waals surface area (Å²) in [5, 5.41) is 2.90. The van der Waals surface area contributed by atoms with Crippen molar-refractivity contribution in [1.82, 2.24) is 4.90 Å². The van der Waals surface area contributed by atoms with E-state index in [4.69, 9.17) is 0 Å². The Balaban J connectivity index is 1.63. The highest BCUT2D eigenvalue weighted by Gasteiger charge is 2.30. The fourth-order valence-corrected chi connectivity index (χ4v) is 3.41. The zero-order valence-electron chi connectivity index (χ0n) is 13.3. The highest BCUT2D eigenvalue weighted by molar-refractivity contribution is 14.1. The van der Waals surface area contributed by atoms with Gasteiger partial charge in [-0.15, -0.1) is 0 Å². The molecule has 0 saturated carbocycles. The molecule has 24 heavy (non-hydrogen) atoms. The van der Waals surface area contributed by atoms with Crippen LogP contribution in [0.2, 0.25) is 0 Å². The topological polar surface area (TPSA) is 49.4 Å². The van der Waals surface area contributed by atoms with Crippen molar-refractivity contribution in [2.75, 3.05) is 11.9 Å². The van der Waals surface area contributed by atoms with Crippen LogP contribution in [0.1, 0.15) is 27.9 Å². The van der Waals surface area contributed by atoms with Crippen molar-refractivity contribution in [1.29, 1.82) is 0 Å². The molecule has 4 nitrogen and oxygen atoms in total. The fourth-order valence-electron chi connectivity index (χ4n) is 2.76. The first-order chi connectivity index (χ1) is 11.5. The van der Waals surface area contributed by atoms with Gasteiger partial charge in [-0.05, 0) is 59.3 Å². The van der Waals surface area contributed by atoms with E-state index >= 15 is 0 Å². The lowest BCUT2D eigenvalue weighted by Crippen LogP contribution is -2.27. The van der Waals surface area contributed by atoms with Gasteiger partial charge < -0.3 is 10.2 Å². The van der Waals surface area contributed by atoms with Gasteiger partial charge >= 0.3 is 0 Å². The number of nitrogens with one attached hydrogen (secondary N) is 1. The number of hydrogen-bond donors (Lipinski definition) is 1. The molecule has 2 aromatic rings. The number of aryl methyl sites for hydroxylation is 1. The van der Waals surface area contributed by atoms with E-state index in [9.17, 15) is 9.59 Å². The lowest BCUT2D eigenvalue weighted by Gasteiger charge is -2.17. The van der Waals surface area contributed by atoms with Crippen LogP contribution in [0.4, 0.5) is 5.69 Å². The van der Waals surface area contributed by atoms with E-state index in [1.54, 1.807) is 11.0 Å². The molecular formula is C19H17IN2O2. The Kier molecular flexibility index (Phi) is 4.71. The van der Waals surface area contributed by atoms with E-state index in [2.05, 4.69) is 34.5 Å². The van der Waals surface area contributed by atoms with Gasteiger partial charge in [0.15, 0.2) is 0 Å². The molecule has 122 valence electrons. The van der Waals surface area contributed by atoms with Crippen molar-refractivity contribution in [2.45, 2.75) is 13.3 Å². The van der Waals surface area contributed by atoms with Gasteiger partial charge in [-0.3, -0.25) is 9.59 Å². The third-order valence-electron chi connectivity index (χ3n) is 4.06. The molecule has 0 fully saturated rings. The number of carbonyl (C=O) groups is 2. The smallest absolute Gasteiger partial charge is 0.258 e. The van der Waals surface area contributed by atoms with Crippen LogP contribution in [0.3, 0.4) is 0 Å². The quantitative estimate of drug-likeness (QED) is 0.742. The summed E-state index contributed by atoms with van der Waals surface area (Å²) in [5.41, 5.74) is 3.97. The predicted octanol–water partition coefficient (Wildman–Crippen LogP) is 4.05. The molecule has 0 saturated heterocycles. The van der Waals surface area contributed by atoms with E-state index in [0.717, 1.165) is 20.4 Å². The Morgan fingerprint density at radius 3 is 2.58 bits per heavy atom. The molecule has 1 aliphatic heterocycles. The van der Waals surface area contributed by atoms with Crippen LogP contribution in [0.5, 0.6) is 0 Å². The molecule has 5 heteroatoms. The molecule has 3 rings (SSSR count). The van der Waals surface area contributed by atoms with Crippen molar-refractivity contribution in [2.24, 2.45) is 0 Å². The van der Waals surface area contributed by atoms with Crippen LogP contribution < -0.4 is 5.32 Å². The summed E-state index contributed by atoms with van der Waals surface area (Å²) in [5.74, 6) is -0.204. The monoisotopic (exact) mass is 432 g/mol. The standard InChI is InChI=1S/C19H17IN2O2/c1-12-11-14(20)7-8-17(12)21-18(23)9-10-22-13(2)15-5-3-4-6-16(15)19(22)24/h3-8,11H,2,9-10H2,1H3,(H,21,23). The van der Waals surface area contributed by atoms with Crippen LogP contribution in [0.25, 0.3) is 5.70 Å². The minimum Gasteiger partial charge on any atom is -0.326 e. The van der Waals surface area contributed by atoms with E-state index in [1.807, 2.05) is 43.3 Å². The van der Waals surface area contributed by atoms with Crippen molar-refractivity contribution < 1.29 is 9.59 Å². The first-order valence-electron chi connectivity index (χ1n) is 7.63. The molecular weight excluding hydrogens is 415 g/mol. The summed E-state index contributed by atoms with van der Waals surface area (Å²) in [7, 11) is 0. The zero-order valence-corrected chi connectivity index (χ0v) is 15.5. The molecule has 1 aliphatic rings. The highest BCUT2D eigenvalue weighted by atomic mass is 127.